The first-order chi connectivity index (χ1) is 16.5. The second-order valence-electron chi connectivity index (χ2n) is 9.72. The van der Waals surface area contributed by atoms with E-state index >= 15 is 0 Å². The summed E-state index contributed by atoms with van der Waals surface area (Å²) in [5.41, 5.74) is 0.677. The van der Waals surface area contributed by atoms with Gasteiger partial charge in [-0.15, -0.1) is 0 Å². The van der Waals surface area contributed by atoms with E-state index in [1.807, 2.05) is 43.3 Å². The van der Waals surface area contributed by atoms with E-state index in [2.05, 4.69) is 20.5 Å². The standard InChI is InChI=1S/C25H32N6O3/c1-30(2)13-14-34-20-9-7-18(8-10-20)28-24-27-16-17-15-25(11-12-26-22(25)32)23(33)31(21(17)29-24)19-5-3-4-6-19/h7-10,16,19H,3-6,11-15H2,1-2H3,(H,26,32)(H,27,28,29). The van der Waals surface area contributed by atoms with E-state index < -0.39 is 5.41 Å². The van der Waals surface area contributed by atoms with Crippen LogP contribution in [0, 0.1) is 5.41 Å². The van der Waals surface area contributed by atoms with Crippen LogP contribution in [0.15, 0.2) is 30.5 Å². The number of hydrogen-bond acceptors (Lipinski definition) is 7. The van der Waals surface area contributed by atoms with Gasteiger partial charge in [0.05, 0.1) is 0 Å². The molecule has 1 spiro atoms. The van der Waals surface area contributed by atoms with E-state index in [1.165, 1.54) is 0 Å². The zero-order valence-electron chi connectivity index (χ0n) is 19.8. The van der Waals surface area contributed by atoms with Crippen LogP contribution < -0.4 is 20.3 Å². The summed E-state index contributed by atoms with van der Waals surface area (Å²) >= 11 is 0. The number of rotatable bonds is 7. The zero-order valence-corrected chi connectivity index (χ0v) is 19.8. The van der Waals surface area contributed by atoms with E-state index in [1.54, 1.807) is 6.20 Å². The summed E-state index contributed by atoms with van der Waals surface area (Å²) in [6, 6.07) is 7.75. The minimum atomic E-state index is -1.02. The van der Waals surface area contributed by atoms with Gasteiger partial charge in [0.1, 0.15) is 23.6 Å². The zero-order chi connectivity index (χ0) is 23.7. The van der Waals surface area contributed by atoms with Crippen molar-refractivity contribution in [3.63, 3.8) is 0 Å². The lowest BCUT2D eigenvalue weighted by Crippen LogP contribution is -2.56. The van der Waals surface area contributed by atoms with E-state index in [9.17, 15) is 9.59 Å². The highest BCUT2D eigenvalue weighted by Gasteiger charge is 2.56. The van der Waals surface area contributed by atoms with Gasteiger partial charge in [0.2, 0.25) is 17.8 Å². The highest BCUT2D eigenvalue weighted by molar-refractivity contribution is 6.14. The molecule has 1 unspecified atom stereocenters. The number of nitrogens with one attached hydrogen (secondary N) is 2. The van der Waals surface area contributed by atoms with Crippen molar-refractivity contribution >= 4 is 29.3 Å². The Morgan fingerprint density at radius 2 is 1.97 bits per heavy atom. The van der Waals surface area contributed by atoms with Crippen molar-refractivity contribution in [3.05, 3.63) is 36.0 Å². The quantitative estimate of drug-likeness (QED) is 0.608. The summed E-state index contributed by atoms with van der Waals surface area (Å²) in [6.45, 7) is 2.01. The topological polar surface area (TPSA) is 99.7 Å². The minimum absolute atomic E-state index is 0.0816. The van der Waals surface area contributed by atoms with Crippen molar-refractivity contribution in [1.29, 1.82) is 0 Å². The van der Waals surface area contributed by atoms with Gasteiger partial charge in [-0.3, -0.25) is 14.5 Å². The number of anilines is 3. The molecular formula is C25H32N6O3. The molecule has 34 heavy (non-hydrogen) atoms. The van der Waals surface area contributed by atoms with Crippen LogP contribution in [0.4, 0.5) is 17.5 Å². The van der Waals surface area contributed by atoms with Crippen molar-refractivity contribution in [2.75, 3.05) is 44.0 Å². The molecule has 1 saturated carbocycles. The highest BCUT2D eigenvalue weighted by atomic mass is 16.5. The Morgan fingerprint density at radius 1 is 1.21 bits per heavy atom. The highest BCUT2D eigenvalue weighted by Crippen LogP contribution is 2.44. The monoisotopic (exact) mass is 464 g/mol. The largest absolute Gasteiger partial charge is 0.492 e. The van der Waals surface area contributed by atoms with E-state index in [-0.39, 0.29) is 17.9 Å². The fourth-order valence-corrected chi connectivity index (χ4v) is 5.17. The number of amides is 2. The number of fused-ring (bicyclic) bond motifs is 1. The average molecular weight is 465 g/mol. The molecule has 1 saturated heterocycles. The van der Waals surface area contributed by atoms with Gasteiger partial charge in [-0.05, 0) is 57.6 Å². The predicted molar refractivity (Wildman–Crippen MR) is 129 cm³/mol. The molecule has 2 aliphatic heterocycles. The Kier molecular flexibility index (Phi) is 6.12. The fourth-order valence-electron chi connectivity index (χ4n) is 5.17. The Hall–Kier alpha value is -3.20. The fraction of sp³-hybridized carbons (Fsp3) is 0.520. The van der Waals surface area contributed by atoms with Crippen LogP contribution in [0.1, 0.15) is 37.7 Å². The van der Waals surface area contributed by atoms with Crippen LogP contribution in [0.2, 0.25) is 0 Å². The molecule has 9 nitrogen and oxygen atoms in total. The van der Waals surface area contributed by atoms with Crippen LogP contribution in [0.25, 0.3) is 0 Å². The molecule has 3 heterocycles. The summed E-state index contributed by atoms with van der Waals surface area (Å²) in [7, 11) is 4.03. The molecule has 1 aliphatic carbocycles. The third-order valence-electron chi connectivity index (χ3n) is 7.07. The third-order valence-corrected chi connectivity index (χ3v) is 7.07. The molecule has 1 atom stereocenters. The Balaban J connectivity index is 1.38. The molecule has 0 radical (unpaired) electrons. The van der Waals surface area contributed by atoms with Crippen LogP contribution >= 0.6 is 0 Å². The molecule has 3 aliphatic rings. The van der Waals surface area contributed by atoms with Gasteiger partial charge in [0.15, 0.2) is 0 Å². The van der Waals surface area contributed by atoms with Crippen LogP contribution in [-0.2, 0) is 16.0 Å². The van der Waals surface area contributed by atoms with Crippen molar-refractivity contribution in [1.82, 2.24) is 20.2 Å². The van der Waals surface area contributed by atoms with Gasteiger partial charge in [-0.2, -0.15) is 4.98 Å². The van der Waals surface area contributed by atoms with Gasteiger partial charge in [-0.1, -0.05) is 12.8 Å². The third kappa shape index (κ3) is 4.20. The van der Waals surface area contributed by atoms with Crippen molar-refractivity contribution in [2.45, 2.75) is 44.6 Å². The van der Waals surface area contributed by atoms with E-state index in [0.29, 0.717) is 37.8 Å². The number of benzene rings is 1. The Labute approximate surface area is 199 Å². The van der Waals surface area contributed by atoms with Gasteiger partial charge < -0.3 is 20.3 Å². The van der Waals surface area contributed by atoms with Gasteiger partial charge in [-0.25, -0.2) is 4.98 Å². The molecule has 2 amide bonds. The number of aromatic nitrogens is 2. The number of ether oxygens (including phenoxy) is 1. The molecule has 180 valence electrons. The summed E-state index contributed by atoms with van der Waals surface area (Å²) in [4.78, 5) is 39.6. The first-order valence-corrected chi connectivity index (χ1v) is 12.1. The number of hydrogen-bond donors (Lipinski definition) is 2. The molecule has 2 aromatic rings. The molecule has 1 aromatic carbocycles. The first kappa shape index (κ1) is 22.6. The van der Waals surface area contributed by atoms with Crippen molar-refractivity contribution < 1.29 is 14.3 Å². The maximum Gasteiger partial charge on any atom is 0.244 e. The predicted octanol–water partition coefficient (Wildman–Crippen LogP) is 2.50. The van der Waals surface area contributed by atoms with E-state index in [0.717, 1.165) is 49.2 Å². The first-order valence-electron chi connectivity index (χ1n) is 12.1. The Morgan fingerprint density at radius 3 is 2.65 bits per heavy atom. The van der Waals surface area contributed by atoms with E-state index in [4.69, 9.17) is 9.72 Å². The van der Waals surface area contributed by atoms with Crippen LogP contribution in [0.3, 0.4) is 0 Å². The number of carbonyl (C=O) groups is 2. The van der Waals surface area contributed by atoms with Crippen LogP contribution in [0.5, 0.6) is 5.75 Å². The lowest BCUT2D eigenvalue weighted by Gasteiger charge is -2.40. The van der Waals surface area contributed by atoms with Crippen molar-refractivity contribution in [3.8, 4) is 5.75 Å². The summed E-state index contributed by atoms with van der Waals surface area (Å²) < 4.78 is 5.76. The molecule has 2 fully saturated rings. The smallest absolute Gasteiger partial charge is 0.244 e. The van der Waals surface area contributed by atoms with Gasteiger partial charge >= 0.3 is 0 Å². The second kappa shape index (κ2) is 9.21. The molecule has 1 aromatic heterocycles. The summed E-state index contributed by atoms with van der Waals surface area (Å²) in [5, 5.41) is 6.12. The van der Waals surface area contributed by atoms with Crippen molar-refractivity contribution in [2.24, 2.45) is 5.41 Å². The second-order valence-corrected chi connectivity index (χ2v) is 9.72. The number of carbonyl (C=O) groups excluding carboxylic acids is 2. The molecular weight excluding hydrogens is 432 g/mol. The summed E-state index contributed by atoms with van der Waals surface area (Å²) in [5.74, 6) is 1.61. The van der Waals surface area contributed by atoms with Gasteiger partial charge in [0.25, 0.3) is 0 Å². The summed E-state index contributed by atoms with van der Waals surface area (Å²) in [6.07, 6.45) is 6.69. The number of likely N-dealkylation sites (N-methyl/N-ethyl adjacent to an activating group) is 1. The number of nitrogens with zero attached hydrogens (tertiary/aromatic N) is 4. The molecule has 9 heteroatoms. The van der Waals surface area contributed by atoms with Gasteiger partial charge in [0, 0.05) is 43.0 Å². The maximum absolute atomic E-state index is 13.7. The molecule has 2 N–H and O–H groups in total. The lowest BCUT2D eigenvalue weighted by molar-refractivity contribution is -0.140. The SMILES string of the molecule is CN(C)CCOc1ccc(Nc2ncc3c(n2)N(C2CCCC2)C(=O)C2(CCNC2=O)C3)cc1. The molecule has 5 rings (SSSR count). The molecule has 0 bridgehead atoms. The van der Waals surface area contributed by atoms with Crippen LogP contribution in [-0.4, -0.2) is 66.5 Å². The normalized spacial score (nSPS) is 22.4. The minimum Gasteiger partial charge on any atom is -0.492 e. The lowest BCUT2D eigenvalue weighted by atomic mass is 9.76. The maximum atomic E-state index is 13.7. The average Bonchev–Trinajstić information content (AvgIpc) is 3.47. The Bertz CT molecular complexity index is 1070.